The molecule has 0 spiro atoms. The van der Waals surface area contributed by atoms with Gasteiger partial charge in [0.1, 0.15) is 0 Å². The quantitative estimate of drug-likeness (QED) is 0.274. The SMILES string of the molecule is Cc1cc(C(=O)CSc2nnc(-c3cccc([N+](=O)[O-])c3)o2)c(C)s1. The van der Waals surface area contributed by atoms with Gasteiger partial charge in [-0.05, 0) is 26.0 Å². The van der Waals surface area contributed by atoms with Crippen molar-refractivity contribution in [2.24, 2.45) is 0 Å². The molecule has 0 fully saturated rings. The summed E-state index contributed by atoms with van der Waals surface area (Å²) in [5.41, 5.74) is 1.13. The van der Waals surface area contributed by atoms with Crippen LogP contribution in [0.15, 0.2) is 40.0 Å². The van der Waals surface area contributed by atoms with Crippen molar-refractivity contribution in [2.75, 3.05) is 5.75 Å². The molecule has 7 nitrogen and oxygen atoms in total. The first-order valence-corrected chi connectivity index (χ1v) is 9.05. The number of nitro benzene ring substituents is 1. The molecule has 0 unspecified atom stereocenters. The van der Waals surface area contributed by atoms with Gasteiger partial charge in [-0.25, -0.2) is 0 Å². The molecule has 25 heavy (non-hydrogen) atoms. The van der Waals surface area contributed by atoms with Gasteiger partial charge in [0.25, 0.3) is 10.9 Å². The van der Waals surface area contributed by atoms with Crippen LogP contribution in [0.1, 0.15) is 20.1 Å². The highest BCUT2D eigenvalue weighted by atomic mass is 32.2. The number of aryl methyl sites for hydroxylation is 2. The van der Waals surface area contributed by atoms with E-state index >= 15 is 0 Å². The van der Waals surface area contributed by atoms with Crippen LogP contribution in [0.2, 0.25) is 0 Å². The third-order valence-electron chi connectivity index (χ3n) is 3.38. The van der Waals surface area contributed by atoms with Crippen LogP contribution in [0.25, 0.3) is 11.5 Å². The van der Waals surface area contributed by atoms with E-state index in [9.17, 15) is 14.9 Å². The van der Waals surface area contributed by atoms with E-state index in [2.05, 4.69) is 10.2 Å². The summed E-state index contributed by atoms with van der Waals surface area (Å²) in [5, 5.41) is 18.9. The second-order valence-electron chi connectivity index (χ2n) is 5.22. The minimum atomic E-state index is -0.487. The summed E-state index contributed by atoms with van der Waals surface area (Å²) in [6.07, 6.45) is 0. The second-order valence-corrected chi connectivity index (χ2v) is 7.61. The first-order valence-electron chi connectivity index (χ1n) is 7.25. The lowest BCUT2D eigenvalue weighted by atomic mass is 10.2. The van der Waals surface area contributed by atoms with E-state index in [0.29, 0.717) is 11.1 Å². The fourth-order valence-electron chi connectivity index (χ4n) is 2.25. The topological polar surface area (TPSA) is 99.1 Å². The Morgan fingerprint density at radius 3 is 2.80 bits per heavy atom. The number of rotatable bonds is 6. The fraction of sp³-hybridized carbons (Fsp3) is 0.188. The number of nitro groups is 1. The maximum Gasteiger partial charge on any atom is 0.277 e. The molecule has 2 heterocycles. The van der Waals surface area contributed by atoms with Gasteiger partial charge in [-0.1, -0.05) is 17.8 Å². The number of ketones is 1. The molecule has 0 bridgehead atoms. The van der Waals surface area contributed by atoms with Crippen LogP contribution in [-0.2, 0) is 0 Å². The van der Waals surface area contributed by atoms with E-state index in [0.717, 1.165) is 21.5 Å². The number of Topliss-reactive ketones (excluding diaryl/α,β-unsaturated/α-hetero) is 1. The van der Waals surface area contributed by atoms with Crippen molar-refractivity contribution in [3.05, 3.63) is 55.8 Å². The molecule has 0 saturated heterocycles. The summed E-state index contributed by atoms with van der Waals surface area (Å²) in [4.78, 5) is 24.7. The fourth-order valence-corrected chi connectivity index (χ4v) is 3.84. The molecule has 3 aromatic rings. The number of thiophene rings is 1. The molecule has 0 aliphatic rings. The number of hydrogen-bond donors (Lipinski definition) is 0. The Bertz CT molecular complexity index is 949. The van der Waals surface area contributed by atoms with Crippen molar-refractivity contribution in [3.63, 3.8) is 0 Å². The molecule has 2 aromatic heterocycles. The molecule has 0 radical (unpaired) electrons. The Hall–Kier alpha value is -2.52. The molecular weight excluding hydrogens is 362 g/mol. The van der Waals surface area contributed by atoms with Crippen molar-refractivity contribution in [2.45, 2.75) is 19.1 Å². The second kappa shape index (κ2) is 7.16. The van der Waals surface area contributed by atoms with Gasteiger partial charge in [0.2, 0.25) is 5.89 Å². The third kappa shape index (κ3) is 3.94. The zero-order chi connectivity index (χ0) is 18.0. The lowest BCUT2D eigenvalue weighted by molar-refractivity contribution is -0.384. The summed E-state index contributed by atoms with van der Waals surface area (Å²) < 4.78 is 5.49. The molecule has 128 valence electrons. The predicted octanol–water partition coefficient (Wildman–Crippen LogP) is 4.30. The summed E-state index contributed by atoms with van der Waals surface area (Å²) >= 11 is 2.74. The first kappa shape index (κ1) is 17.3. The standard InChI is InChI=1S/C16H13N3O4S2/c1-9-6-13(10(2)25-9)14(20)8-24-16-18-17-15(23-16)11-4-3-5-12(7-11)19(21)22/h3-7H,8H2,1-2H3. The van der Waals surface area contributed by atoms with E-state index in [-0.39, 0.29) is 28.3 Å². The molecule has 0 atom stereocenters. The van der Waals surface area contributed by atoms with Crippen LogP contribution in [0.4, 0.5) is 5.69 Å². The van der Waals surface area contributed by atoms with Crippen LogP contribution in [-0.4, -0.2) is 26.7 Å². The highest BCUT2D eigenvalue weighted by Crippen LogP contribution is 2.27. The van der Waals surface area contributed by atoms with E-state index in [1.165, 1.54) is 12.1 Å². The third-order valence-corrected chi connectivity index (χ3v) is 5.16. The smallest absolute Gasteiger partial charge is 0.277 e. The monoisotopic (exact) mass is 375 g/mol. The summed E-state index contributed by atoms with van der Waals surface area (Å²) in [5.74, 6) is 0.372. The number of carbonyl (C=O) groups excluding carboxylic acids is 1. The van der Waals surface area contributed by atoms with Crippen molar-refractivity contribution < 1.29 is 14.1 Å². The molecule has 0 aliphatic carbocycles. The molecule has 0 amide bonds. The number of benzene rings is 1. The Kier molecular flexibility index (Phi) is 4.95. The van der Waals surface area contributed by atoms with E-state index in [4.69, 9.17) is 4.42 Å². The van der Waals surface area contributed by atoms with Gasteiger partial charge in [-0.15, -0.1) is 21.5 Å². The zero-order valence-corrected chi connectivity index (χ0v) is 15.0. The summed E-state index contributed by atoms with van der Waals surface area (Å²) in [7, 11) is 0. The summed E-state index contributed by atoms with van der Waals surface area (Å²) in [6.45, 7) is 3.88. The normalized spacial score (nSPS) is 10.8. The van der Waals surface area contributed by atoms with Gasteiger partial charge in [0.15, 0.2) is 5.78 Å². The van der Waals surface area contributed by atoms with Crippen LogP contribution < -0.4 is 0 Å². The van der Waals surface area contributed by atoms with Crippen molar-refractivity contribution in [1.29, 1.82) is 0 Å². The van der Waals surface area contributed by atoms with E-state index < -0.39 is 4.92 Å². The Morgan fingerprint density at radius 1 is 1.32 bits per heavy atom. The van der Waals surface area contributed by atoms with E-state index in [1.54, 1.807) is 23.5 Å². The summed E-state index contributed by atoms with van der Waals surface area (Å²) in [6, 6.07) is 7.84. The largest absolute Gasteiger partial charge is 0.411 e. The molecular formula is C16H13N3O4S2. The Morgan fingerprint density at radius 2 is 2.12 bits per heavy atom. The zero-order valence-electron chi connectivity index (χ0n) is 13.4. The Balaban J connectivity index is 1.70. The number of aromatic nitrogens is 2. The maximum atomic E-state index is 12.3. The average molecular weight is 375 g/mol. The van der Waals surface area contributed by atoms with Gasteiger partial charge in [0.05, 0.1) is 10.7 Å². The van der Waals surface area contributed by atoms with Crippen LogP contribution in [0.5, 0.6) is 0 Å². The molecule has 3 rings (SSSR count). The lowest BCUT2D eigenvalue weighted by Crippen LogP contribution is -2.02. The number of thioether (sulfide) groups is 1. The van der Waals surface area contributed by atoms with Crippen molar-refractivity contribution in [1.82, 2.24) is 10.2 Å². The Labute approximate surface area is 151 Å². The average Bonchev–Trinajstić information content (AvgIpc) is 3.19. The van der Waals surface area contributed by atoms with Crippen molar-refractivity contribution in [3.8, 4) is 11.5 Å². The molecule has 0 aliphatic heterocycles. The number of nitrogens with zero attached hydrogens (tertiary/aromatic N) is 3. The highest BCUT2D eigenvalue weighted by molar-refractivity contribution is 7.99. The van der Waals surface area contributed by atoms with Crippen LogP contribution in [0.3, 0.4) is 0 Å². The van der Waals surface area contributed by atoms with Gasteiger partial charge < -0.3 is 4.42 Å². The minimum absolute atomic E-state index is 0.00180. The highest BCUT2D eigenvalue weighted by Gasteiger charge is 2.16. The molecule has 0 N–H and O–H groups in total. The molecule has 9 heteroatoms. The minimum Gasteiger partial charge on any atom is -0.411 e. The molecule has 1 aromatic carbocycles. The van der Waals surface area contributed by atoms with Gasteiger partial charge >= 0.3 is 0 Å². The van der Waals surface area contributed by atoms with Gasteiger partial charge in [-0.3, -0.25) is 14.9 Å². The van der Waals surface area contributed by atoms with Crippen LogP contribution >= 0.6 is 23.1 Å². The number of hydrogen-bond acceptors (Lipinski definition) is 8. The number of carbonyl (C=O) groups is 1. The molecule has 0 saturated carbocycles. The first-order chi connectivity index (χ1) is 11.9. The number of non-ortho nitro benzene ring substituents is 1. The lowest BCUT2D eigenvalue weighted by Gasteiger charge is -1.97. The maximum absolute atomic E-state index is 12.3. The van der Waals surface area contributed by atoms with Gasteiger partial charge in [-0.2, -0.15) is 0 Å². The predicted molar refractivity (Wildman–Crippen MR) is 95.2 cm³/mol. The van der Waals surface area contributed by atoms with Crippen LogP contribution in [0, 0.1) is 24.0 Å². The van der Waals surface area contributed by atoms with Crippen molar-refractivity contribution >= 4 is 34.6 Å². The van der Waals surface area contributed by atoms with Gasteiger partial charge in [0, 0.05) is 33.0 Å². The van der Waals surface area contributed by atoms with E-state index in [1.807, 2.05) is 19.9 Å².